The molecule has 0 saturated carbocycles. The third kappa shape index (κ3) is 3.50. The smallest absolute Gasteiger partial charge is 0.339 e. The zero-order chi connectivity index (χ0) is 17.8. The Morgan fingerprint density at radius 3 is 2.60 bits per heavy atom. The van der Waals surface area contributed by atoms with Crippen molar-refractivity contribution in [3.63, 3.8) is 0 Å². The van der Waals surface area contributed by atoms with Crippen LogP contribution in [0.2, 0.25) is 0 Å². The Bertz CT molecular complexity index is 797. The zero-order valence-corrected chi connectivity index (χ0v) is 14.9. The second-order valence-electron chi connectivity index (χ2n) is 6.28. The predicted octanol–water partition coefficient (Wildman–Crippen LogP) is 3.14. The molecule has 3 rings (SSSR count). The van der Waals surface area contributed by atoms with Gasteiger partial charge in [0.15, 0.2) is 6.61 Å². The number of rotatable bonds is 5. The number of amides is 1. The van der Waals surface area contributed by atoms with E-state index in [0.717, 1.165) is 47.8 Å². The predicted molar refractivity (Wildman–Crippen MR) is 96.6 cm³/mol. The maximum absolute atomic E-state index is 12.8. The first-order valence-electron chi connectivity index (χ1n) is 9.01. The summed E-state index contributed by atoms with van der Waals surface area (Å²) in [5, 5.41) is 0.809. The molecule has 1 aromatic carbocycles. The number of carbonyl (C=O) groups excluding carboxylic acids is 2. The van der Waals surface area contributed by atoms with E-state index in [1.807, 2.05) is 38.1 Å². The van der Waals surface area contributed by atoms with Gasteiger partial charge in [-0.1, -0.05) is 18.2 Å². The van der Waals surface area contributed by atoms with Crippen LogP contribution in [0.5, 0.6) is 0 Å². The van der Waals surface area contributed by atoms with E-state index in [1.54, 1.807) is 4.90 Å². The minimum absolute atomic E-state index is 0.162. The largest absolute Gasteiger partial charge is 0.452 e. The van der Waals surface area contributed by atoms with Crippen LogP contribution in [0.15, 0.2) is 24.3 Å². The summed E-state index contributed by atoms with van der Waals surface area (Å²) >= 11 is 0. The summed E-state index contributed by atoms with van der Waals surface area (Å²) in [5.74, 6) is -0.581. The lowest BCUT2D eigenvalue weighted by atomic mass is 9.90. The Morgan fingerprint density at radius 2 is 1.84 bits per heavy atom. The van der Waals surface area contributed by atoms with E-state index in [-0.39, 0.29) is 12.5 Å². The fourth-order valence-corrected chi connectivity index (χ4v) is 3.47. The normalized spacial score (nSPS) is 13.4. The molecule has 1 aromatic heterocycles. The summed E-state index contributed by atoms with van der Waals surface area (Å²) in [5.41, 5.74) is 3.38. The van der Waals surface area contributed by atoms with Crippen LogP contribution < -0.4 is 0 Å². The maximum atomic E-state index is 12.8. The molecule has 0 bridgehead atoms. The van der Waals surface area contributed by atoms with E-state index in [0.29, 0.717) is 18.7 Å². The van der Waals surface area contributed by atoms with Gasteiger partial charge in [-0.3, -0.25) is 9.78 Å². The van der Waals surface area contributed by atoms with Gasteiger partial charge in [0.2, 0.25) is 0 Å². The second kappa shape index (κ2) is 7.64. The molecule has 0 unspecified atom stereocenters. The van der Waals surface area contributed by atoms with Crippen LogP contribution in [0.4, 0.5) is 0 Å². The van der Waals surface area contributed by atoms with Crippen molar-refractivity contribution >= 4 is 22.8 Å². The molecule has 132 valence electrons. The first-order valence-corrected chi connectivity index (χ1v) is 9.01. The molecule has 1 aliphatic carbocycles. The summed E-state index contributed by atoms with van der Waals surface area (Å²) in [7, 11) is 0. The van der Waals surface area contributed by atoms with Crippen molar-refractivity contribution in [2.24, 2.45) is 0 Å². The molecule has 2 aromatic rings. The average molecular weight is 340 g/mol. The van der Waals surface area contributed by atoms with Gasteiger partial charge in [0.25, 0.3) is 5.91 Å². The van der Waals surface area contributed by atoms with Gasteiger partial charge >= 0.3 is 5.97 Å². The van der Waals surface area contributed by atoms with Crippen LogP contribution in [0.3, 0.4) is 0 Å². The number of likely N-dealkylation sites (N-methyl/N-ethyl adjacent to an activating group) is 1. The molecule has 0 N–H and O–H groups in total. The number of fused-ring (bicyclic) bond motifs is 2. The Kier molecular flexibility index (Phi) is 5.31. The fourth-order valence-electron chi connectivity index (χ4n) is 3.47. The number of nitrogens with zero attached hydrogens (tertiary/aromatic N) is 2. The van der Waals surface area contributed by atoms with Gasteiger partial charge < -0.3 is 9.64 Å². The SMILES string of the molecule is CCN(CC)C(=O)COC(=O)c1c2c(nc3ccccc13)CCCC2. The van der Waals surface area contributed by atoms with Crippen molar-refractivity contribution in [1.29, 1.82) is 0 Å². The molecule has 0 saturated heterocycles. The van der Waals surface area contributed by atoms with E-state index in [2.05, 4.69) is 0 Å². The lowest BCUT2D eigenvalue weighted by molar-refractivity contribution is -0.134. The van der Waals surface area contributed by atoms with E-state index in [4.69, 9.17) is 9.72 Å². The molecule has 0 spiro atoms. The minimum atomic E-state index is -0.419. The molecule has 5 heteroatoms. The lowest BCUT2D eigenvalue weighted by Crippen LogP contribution is -2.34. The Morgan fingerprint density at radius 1 is 1.12 bits per heavy atom. The first-order chi connectivity index (χ1) is 12.2. The van der Waals surface area contributed by atoms with Gasteiger partial charge in [0, 0.05) is 24.2 Å². The highest BCUT2D eigenvalue weighted by molar-refractivity contribution is 6.05. The number of carbonyl (C=O) groups is 2. The van der Waals surface area contributed by atoms with E-state index in [9.17, 15) is 9.59 Å². The average Bonchev–Trinajstić information content (AvgIpc) is 2.65. The van der Waals surface area contributed by atoms with Crippen molar-refractivity contribution < 1.29 is 14.3 Å². The molecular weight excluding hydrogens is 316 g/mol. The number of aromatic nitrogens is 1. The van der Waals surface area contributed by atoms with Gasteiger partial charge in [-0.2, -0.15) is 0 Å². The van der Waals surface area contributed by atoms with Crippen molar-refractivity contribution in [2.75, 3.05) is 19.7 Å². The van der Waals surface area contributed by atoms with Gasteiger partial charge in [0.1, 0.15) is 0 Å². The van der Waals surface area contributed by atoms with Gasteiger partial charge in [-0.05, 0) is 51.2 Å². The second-order valence-corrected chi connectivity index (χ2v) is 6.28. The van der Waals surface area contributed by atoms with Crippen LogP contribution in [-0.2, 0) is 22.4 Å². The van der Waals surface area contributed by atoms with Crippen molar-refractivity contribution in [3.8, 4) is 0 Å². The Balaban J connectivity index is 1.91. The zero-order valence-electron chi connectivity index (χ0n) is 14.9. The monoisotopic (exact) mass is 340 g/mol. The molecule has 1 amide bonds. The van der Waals surface area contributed by atoms with Crippen molar-refractivity contribution in [1.82, 2.24) is 9.88 Å². The number of para-hydroxylation sites is 1. The highest BCUT2D eigenvalue weighted by atomic mass is 16.5. The van der Waals surface area contributed by atoms with E-state index in [1.165, 1.54) is 0 Å². The summed E-state index contributed by atoms with van der Waals surface area (Å²) in [6.07, 6.45) is 3.86. The van der Waals surface area contributed by atoms with E-state index >= 15 is 0 Å². The molecule has 5 nitrogen and oxygen atoms in total. The molecule has 1 aliphatic rings. The number of ether oxygens (including phenoxy) is 1. The molecule has 0 radical (unpaired) electrons. The topological polar surface area (TPSA) is 59.5 Å². The number of esters is 1. The Hall–Kier alpha value is -2.43. The van der Waals surface area contributed by atoms with Gasteiger partial charge in [0.05, 0.1) is 11.1 Å². The first kappa shape index (κ1) is 17.4. The van der Waals surface area contributed by atoms with Crippen LogP contribution in [0.1, 0.15) is 48.3 Å². The van der Waals surface area contributed by atoms with Gasteiger partial charge in [-0.25, -0.2) is 4.79 Å². The summed E-state index contributed by atoms with van der Waals surface area (Å²) in [6, 6.07) is 7.64. The van der Waals surface area contributed by atoms with Crippen LogP contribution in [0.25, 0.3) is 10.9 Å². The maximum Gasteiger partial charge on any atom is 0.339 e. The summed E-state index contributed by atoms with van der Waals surface area (Å²) in [4.78, 5) is 31.3. The number of benzene rings is 1. The van der Waals surface area contributed by atoms with Crippen LogP contribution in [0, 0.1) is 0 Å². The number of pyridine rings is 1. The minimum Gasteiger partial charge on any atom is -0.452 e. The molecule has 0 atom stereocenters. The lowest BCUT2D eigenvalue weighted by Gasteiger charge is -2.21. The third-order valence-corrected chi connectivity index (χ3v) is 4.82. The van der Waals surface area contributed by atoms with Crippen molar-refractivity contribution in [3.05, 3.63) is 41.1 Å². The quantitative estimate of drug-likeness (QED) is 0.785. The van der Waals surface area contributed by atoms with Crippen LogP contribution >= 0.6 is 0 Å². The summed E-state index contributed by atoms with van der Waals surface area (Å²) in [6.45, 7) is 4.83. The standard InChI is InChI=1S/C20H24N2O3/c1-3-22(4-2)18(23)13-25-20(24)19-14-9-5-7-11-16(14)21-17-12-8-6-10-15(17)19/h5,7,9,11H,3-4,6,8,10,12-13H2,1-2H3. The molecule has 25 heavy (non-hydrogen) atoms. The number of hydrogen-bond donors (Lipinski definition) is 0. The Labute approximate surface area is 148 Å². The molecule has 0 aliphatic heterocycles. The third-order valence-electron chi connectivity index (χ3n) is 4.82. The summed E-state index contributed by atoms with van der Waals surface area (Å²) < 4.78 is 5.39. The highest BCUT2D eigenvalue weighted by Gasteiger charge is 2.24. The fraction of sp³-hybridized carbons (Fsp3) is 0.450. The highest BCUT2D eigenvalue weighted by Crippen LogP contribution is 2.29. The van der Waals surface area contributed by atoms with Gasteiger partial charge in [-0.15, -0.1) is 0 Å². The molecule has 1 heterocycles. The van der Waals surface area contributed by atoms with E-state index < -0.39 is 5.97 Å². The van der Waals surface area contributed by atoms with Crippen LogP contribution in [-0.4, -0.2) is 41.5 Å². The molecule has 0 fully saturated rings. The number of aryl methyl sites for hydroxylation is 1. The number of hydrogen-bond acceptors (Lipinski definition) is 4. The van der Waals surface area contributed by atoms with Crippen molar-refractivity contribution in [2.45, 2.75) is 39.5 Å². The molecular formula is C20H24N2O3.